The number of fused-ring (bicyclic) bond motifs is 1. The van der Waals surface area contributed by atoms with Gasteiger partial charge in [0, 0.05) is 13.5 Å². The van der Waals surface area contributed by atoms with Gasteiger partial charge in [-0.15, -0.1) is 0 Å². The summed E-state index contributed by atoms with van der Waals surface area (Å²) in [6.45, 7) is 4.14. The van der Waals surface area contributed by atoms with Gasteiger partial charge in [-0.05, 0) is 35.6 Å². The Labute approximate surface area is 95.7 Å². The molecule has 1 N–H and O–H groups in total. The minimum atomic E-state index is 0.153. The molecule has 3 heteroatoms. The van der Waals surface area contributed by atoms with Crippen molar-refractivity contribution >= 4 is 11.6 Å². The van der Waals surface area contributed by atoms with Crippen LogP contribution < -0.4 is 4.90 Å². The predicted molar refractivity (Wildman–Crippen MR) is 63.9 cm³/mol. The molecule has 1 aromatic rings. The first-order valence-corrected chi connectivity index (χ1v) is 5.63. The normalized spacial score (nSPS) is 15.5. The molecule has 16 heavy (non-hydrogen) atoms. The molecule has 1 aliphatic heterocycles. The second kappa shape index (κ2) is 3.81. The third-order valence-corrected chi connectivity index (χ3v) is 3.14. The van der Waals surface area contributed by atoms with Gasteiger partial charge in [0.05, 0.1) is 5.69 Å². The number of amides is 1. The zero-order valence-electron chi connectivity index (χ0n) is 9.95. The maximum atomic E-state index is 11.7. The number of carbonyl (C=O) groups excluding carboxylic acids is 1. The molecule has 2 rings (SSSR count). The van der Waals surface area contributed by atoms with Gasteiger partial charge in [-0.2, -0.15) is 0 Å². The molecule has 0 unspecified atom stereocenters. The van der Waals surface area contributed by atoms with E-state index < -0.39 is 0 Å². The lowest BCUT2D eigenvalue weighted by Crippen LogP contribution is -2.32. The molecule has 1 aliphatic rings. The van der Waals surface area contributed by atoms with Crippen molar-refractivity contribution in [2.45, 2.75) is 32.6 Å². The van der Waals surface area contributed by atoms with Crippen LogP contribution in [0.4, 0.5) is 5.69 Å². The highest BCUT2D eigenvalue weighted by Gasteiger charge is 2.25. The summed E-state index contributed by atoms with van der Waals surface area (Å²) in [5.74, 6) is 0.750. The van der Waals surface area contributed by atoms with Crippen LogP contribution in [0.5, 0.6) is 5.75 Å². The number of phenols is 1. The van der Waals surface area contributed by atoms with E-state index in [1.54, 1.807) is 17.0 Å². The van der Waals surface area contributed by atoms with Crippen LogP contribution in [0.15, 0.2) is 12.1 Å². The smallest absolute Gasteiger partial charge is 0.227 e. The number of nitrogens with zero attached hydrogens (tertiary/aromatic N) is 1. The average molecular weight is 219 g/mol. The third-order valence-electron chi connectivity index (χ3n) is 3.14. The minimum absolute atomic E-state index is 0.153. The first-order chi connectivity index (χ1) is 7.50. The summed E-state index contributed by atoms with van der Waals surface area (Å²) in [5.41, 5.74) is 3.11. The van der Waals surface area contributed by atoms with Crippen molar-refractivity contribution in [3.8, 4) is 5.75 Å². The van der Waals surface area contributed by atoms with E-state index in [-0.39, 0.29) is 5.91 Å². The van der Waals surface area contributed by atoms with E-state index in [1.807, 2.05) is 7.05 Å². The van der Waals surface area contributed by atoms with Crippen LogP contribution in [-0.4, -0.2) is 18.1 Å². The molecular formula is C13H17NO2. The van der Waals surface area contributed by atoms with Crippen LogP contribution in [0.25, 0.3) is 0 Å². The van der Waals surface area contributed by atoms with Gasteiger partial charge in [-0.1, -0.05) is 13.8 Å². The molecule has 0 bridgehead atoms. The Morgan fingerprint density at radius 3 is 2.62 bits per heavy atom. The monoisotopic (exact) mass is 219 g/mol. The first-order valence-electron chi connectivity index (χ1n) is 5.63. The lowest BCUT2D eigenvalue weighted by molar-refractivity contribution is -0.118. The van der Waals surface area contributed by atoms with E-state index in [4.69, 9.17) is 0 Å². The van der Waals surface area contributed by atoms with Crippen molar-refractivity contribution in [3.63, 3.8) is 0 Å². The Hall–Kier alpha value is -1.51. The van der Waals surface area contributed by atoms with E-state index >= 15 is 0 Å². The highest BCUT2D eigenvalue weighted by molar-refractivity contribution is 5.97. The third kappa shape index (κ3) is 1.66. The maximum Gasteiger partial charge on any atom is 0.227 e. The lowest BCUT2D eigenvalue weighted by Gasteiger charge is -2.29. The summed E-state index contributed by atoms with van der Waals surface area (Å²) < 4.78 is 0. The molecule has 0 spiro atoms. The molecule has 1 aromatic carbocycles. The van der Waals surface area contributed by atoms with Crippen molar-refractivity contribution < 1.29 is 9.90 Å². The van der Waals surface area contributed by atoms with Gasteiger partial charge in [-0.3, -0.25) is 4.79 Å². The van der Waals surface area contributed by atoms with Crippen LogP contribution >= 0.6 is 0 Å². The number of aromatic hydroxyl groups is 1. The van der Waals surface area contributed by atoms with Crippen LogP contribution in [0.3, 0.4) is 0 Å². The van der Waals surface area contributed by atoms with E-state index in [2.05, 4.69) is 13.8 Å². The Kier molecular flexibility index (Phi) is 2.62. The van der Waals surface area contributed by atoms with Gasteiger partial charge in [-0.25, -0.2) is 0 Å². The summed E-state index contributed by atoms with van der Waals surface area (Å²) in [6, 6.07) is 3.53. The number of carbonyl (C=O) groups is 1. The van der Waals surface area contributed by atoms with Crippen LogP contribution in [-0.2, 0) is 11.2 Å². The number of hydrogen-bond donors (Lipinski definition) is 1. The van der Waals surface area contributed by atoms with Crippen molar-refractivity contribution in [2.75, 3.05) is 11.9 Å². The second-order valence-electron chi connectivity index (χ2n) is 4.65. The topological polar surface area (TPSA) is 40.5 Å². The van der Waals surface area contributed by atoms with Gasteiger partial charge in [0.2, 0.25) is 5.91 Å². The Balaban J connectivity index is 2.62. The van der Waals surface area contributed by atoms with E-state index in [0.717, 1.165) is 23.2 Å². The Morgan fingerprint density at radius 1 is 1.31 bits per heavy atom. The first kappa shape index (κ1) is 11.0. The molecule has 0 saturated carbocycles. The molecule has 0 fully saturated rings. The number of benzene rings is 1. The molecule has 0 radical (unpaired) electrons. The summed E-state index contributed by atoms with van der Waals surface area (Å²) in [5, 5.41) is 9.67. The van der Waals surface area contributed by atoms with E-state index in [0.29, 0.717) is 18.1 Å². The standard InChI is InChI=1S/C13H17NO2/c1-8(2)11-7-10(15)6-9-4-5-12(16)14(3)13(9)11/h6-8,15H,4-5H2,1-3H3. The van der Waals surface area contributed by atoms with Gasteiger partial charge >= 0.3 is 0 Å². The largest absolute Gasteiger partial charge is 0.508 e. The highest BCUT2D eigenvalue weighted by atomic mass is 16.3. The lowest BCUT2D eigenvalue weighted by atomic mass is 9.92. The number of anilines is 1. The van der Waals surface area contributed by atoms with Gasteiger partial charge < -0.3 is 10.0 Å². The average Bonchev–Trinajstić information content (AvgIpc) is 2.22. The fourth-order valence-corrected chi connectivity index (χ4v) is 2.28. The van der Waals surface area contributed by atoms with Crippen molar-refractivity contribution in [3.05, 3.63) is 23.3 Å². The summed E-state index contributed by atoms with van der Waals surface area (Å²) in [6.07, 6.45) is 1.26. The molecule has 0 saturated heterocycles. The van der Waals surface area contributed by atoms with E-state index in [9.17, 15) is 9.90 Å². The van der Waals surface area contributed by atoms with Crippen molar-refractivity contribution in [1.29, 1.82) is 0 Å². The number of rotatable bonds is 1. The van der Waals surface area contributed by atoms with Gasteiger partial charge in [0.1, 0.15) is 5.75 Å². The molecule has 1 amide bonds. The molecule has 3 nitrogen and oxygen atoms in total. The van der Waals surface area contributed by atoms with Crippen LogP contribution in [0.1, 0.15) is 37.3 Å². The number of hydrogen-bond acceptors (Lipinski definition) is 2. The summed E-state index contributed by atoms with van der Waals surface area (Å²) in [4.78, 5) is 13.4. The van der Waals surface area contributed by atoms with Crippen molar-refractivity contribution in [1.82, 2.24) is 0 Å². The molecule has 1 heterocycles. The van der Waals surface area contributed by atoms with E-state index in [1.165, 1.54) is 0 Å². The maximum absolute atomic E-state index is 11.7. The van der Waals surface area contributed by atoms with Crippen molar-refractivity contribution in [2.24, 2.45) is 0 Å². The fraction of sp³-hybridized carbons (Fsp3) is 0.462. The summed E-state index contributed by atoms with van der Waals surface area (Å²) >= 11 is 0. The molecular weight excluding hydrogens is 202 g/mol. The zero-order valence-corrected chi connectivity index (χ0v) is 9.95. The quantitative estimate of drug-likeness (QED) is 0.788. The van der Waals surface area contributed by atoms with Gasteiger partial charge in [0.25, 0.3) is 0 Å². The fourth-order valence-electron chi connectivity index (χ4n) is 2.28. The number of aryl methyl sites for hydroxylation is 1. The van der Waals surface area contributed by atoms with Crippen LogP contribution in [0, 0.1) is 0 Å². The number of phenolic OH excluding ortho intramolecular Hbond substituents is 1. The molecule has 0 aromatic heterocycles. The Bertz CT molecular complexity index is 438. The molecule has 0 aliphatic carbocycles. The second-order valence-corrected chi connectivity index (χ2v) is 4.65. The summed E-state index contributed by atoms with van der Waals surface area (Å²) in [7, 11) is 1.81. The van der Waals surface area contributed by atoms with Crippen LogP contribution in [0.2, 0.25) is 0 Å². The predicted octanol–water partition coefficient (Wildman–Crippen LogP) is 2.42. The molecule has 0 atom stereocenters. The van der Waals surface area contributed by atoms with Gasteiger partial charge in [0.15, 0.2) is 0 Å². The Morgan fingerprint density at radius 2 is 2.00 bits per heavy atom. The highest BCUT2D eigenvalue weighted by Crippen LogP contribution is 2.37. The zero-order chi connectivity index (χ0) is 11.9. The SMILES string of the molecule is CC(C)c1cc(O)cc2c1N(C)C(=O)CC2. The minimum Gasteiger partial charge on any atom is -0.508 e. The molecule has 86 valence electrons.